The molecule has 0 saturated carbocycles. The molecule has 2 rings (SSSR count). The lowest BCUT2D eigenvalue weighted by Gasteiger charge is -2.17. The van der Waals surface area contributed by atoms with E-state index in [9.17, 15) is 29.8 Å². The van der Waals surface area contributed by atoms with Crippen LogP contribution in [0.1, 0.15) is 18.6 Å². The molecule has 1 amide bonds. The number of hydrogen-bond acceptors (Lipinski definition) is 14. The van der Waals surface area contributed by atoms with E-state index in [4.69, 9.17) is 38.7 Å². The summed E-state index contributed by atoms with van der Waals surface area (Å²) in [5.41, 5.74) is 7.42. The molecule has 0 heterocycles. The lowest BCUT2D eigenvalue weighted by Crippen LogP contribution is -2.32. The van der Waals surface area contributed by atoms with Gasteiger partial charge in [-0.25, -0.2) is 4.79 Å². The predicted octanol–water partition coefficient (Wildman–Crippen LogP) is 3.64. The van der Waals surface area contributed by atoms with Crippen LogP contribution in [0.5, 0.6) is 17.2 Å². The van der Waals surface area contributed by atoms with Gasteiger partial charge in [-0.2, -0.15) is 0 Å². The molecule has 0 radical (unpaired) electrons. The second kappa shape index (κ2) is 19.9. The Morgan fingerprint density at radius 3 is 2.20 bits per heavy atom. The summed E-state index contributed by atoms with van der Waals surface area (Å²) >= 11 is 0. The van der Waals surface area contributed by atoms with Gasteiger partial charge in [0.05, 0.1) is 68.2 Å². The molecule has 19 nitrogen and oxygen atoms in total. The van der Waals surface area contributed by atoms with Crippen LogP contribution >= 0.6 is 0 Å². The van der Waals surface area contributed by atoms with E-state index in [1.165, 1.54) is 32.2 Å². The number of azide groups is 1. The van der Waals surface area contributed by atoms with Crippen LogP contribution < -0.4 is 19.5 Å². The Hall–Kier alpha value is -5.23. The van der Waals surface area contributed by atoms with Crippen LogP contribution in [0.25, 0.3) is 10.4 Å². The van der Waals surface area contributed by atoms with Gasteiger partial charge in [0.1, 0.15) is 11.9 Å². The van der Waals surface area contributed by atoms with Crippen molar-refractivity contribution in [2.45, 2.75) is 13.0 Å². The predicted molar refractivity (Wildman–Crippen MR) is 153 cm³/mol. The molecule has 1 N–H and O–H groups in total. The first kappa shape index (κ1) is 36.0. The third kappa shape index (κ3) is 13.3. The van der Waals surface area contributed by atoms with Gasteiger partial charge in [0.15, 0.2) is 18.1 Å². The summed E-state index contributed by atoms with van der Waals surface area (Å²) in [6.07, 6.45) is -2.39. The fourth-order valence-electron chi connectivity index (χ4n) is 3.43. The minimum atomic E-state index is -1.21. The van der Waals surface area contributed by atoms with Crippen LogP contribution in [0.15, 0.2) is 41.5 Å². The largest absolute Gasteiger partial charge is 0.514 e. The van der Waals surface area contributed by atoms with Gasteiger partial charge in [-0.15, -0.1) is 0 Å². The lowest BCUT2D eigenvalue weighted by atomic mass is 10.1. The van der Waals surface area contributed by atoms with Gasteiger partial charge < -0.3 is 38.5 Å². The highest BCUT2D eigenvalue weighted by atomic mass is 16.7. The van der Waals surface area contributed by atoms with Crippen LogP contribution in [0.3, 0.4) is 0 Å². The number of carbonyl (C=O) groups excluding carboxylic acids is 2. The Bertz CT molecular complexity index is 1340. The van der Waals surface area contributed by atoms with Crippen molar-refractivity contribution in [2.24, 2.45) is 5.11 Å². The fourth-order valence-corrected chi connectivity index (χ4v) is 3.43. The van der Waals surface area contributed by atoms with E-state index in [0.717, 1.165) is 18.2 Å². The molecule has 0 fully saturated rings. The van der Waals surface area contributed by atoms with Crippen LogP contribution in [-0.2, 0) is 23.7 Å². The van der Waals surface area contributed by atoms with Gasteiger partial charge in [-0.05, 0) is 30.7 Å². The zero-order valence-corrected chi connectivity index (χ0v) is 24.4. The molecule has 0 bridgehead atoms. The second-order valence-electron chi connectivity index (χ2n) is 8.61. The number of methoxy groups -OCH3 is 1. The van der Waals surface area contributed by atoms with Crippen molar-refractivity contribution in [3.63, 3.8) is 0 Å². The molecule has 19 heteroatoms. The average Bonchev–Trinajstić information content (AvgIpc) is 3.01. The number of nitrogens with one attached hydrogen (secondary N) is 1. The molecule has 0 saturated heterocycles. The fraction of sp³-hybridized carbons (Fsp3) is 0.462. The molecule has 0 aliphatic heterocycles. The summed E-state index contributed by atoms with van der Waals surface area (Å²) < 4.78 is 36.7. The first-order chi connectivity index (χ1) is 21.7. The maximum atomic E-state index is 12.3. The van der Waals surface area contributed by atoms with Crippen molar-refractivity contribution in [2.75, 3.05) is 66.4 Å². The standard InChI is InChI=1S/C26H32N6O13/c1-18(44-26(34)45-20-5-3-19(4-6-20)31(35)36)21-15-23(39-2)24(16-22(21)32(37)38)43-17-25(33)28-7-9-40-11-13-42-14-12-41-10-8-29-30-27/h3-6,15-16,18H,7-14,17H2,1-2H3,(H,28,33). The Morgan fingerprint density at radius 1 is 0.956 bits per heavy atom. The molecular weight excluding hydrogens is 604 g/mol. The Balaban J connectivity index is 1.81. The van der Waals surface area contributed by atoms with Crippen LogP contribution in [0.4, 0.5) is 16.2 Å². The number of benzene rings is 2. The molecule has 0 aliphatic rings. The van der Waals surface area contributed by atoms with E-state index >= 15 is 0 Å². The molecule has 2 aromatic rings. The van der Waals surface area contributed by atoms with E-state index in [2.05, 4.69) is 15.3 Å². The SMILES string of the molecule is COc1cc(C(C)OC(=O)Oc2ccc([N+](=O)[O-])cc2)c([N+](=O)[O-])cc1OCC(=O)NCCOCCOCCOCCN=[N+]=[N-]. The van der Waals surface area contributed by atoms with E-state index in [1.807, 2.05) is 0 Å². The molecule has 0 aliphatic carbocycles. The number of nitro benzene ring substituents is 2. The maximum absolute atomic E-state index is 12.3. The number of rotatable bonds is 21. The van der Waals surface area contributed by atoms with Crippen molar-refractivity contribution >= 4 is 23.4 Å². The average molecular weight is 637 g/mol. The van der Waals surface area contributed by atoms with Gasteiger partial charge in [0.2, 0.25) is 0 Å². The summed E-state index contributed by atoms with van der Waals surface area (Å²) in [6, 6.07) is 6.92. The number of nitrogens with zero attached hydrogens (tertiary/aromatic N) is 5. The zero-order valence-electron chi connectivity index (χ0n) is 24.4. The molecule has 1 unspecified atom stereocenters. The van der Waals surface area contributed by atoms with Gasteiger partial charge in [-0.3, -0.25) is 25.0 Å². The molecular formula is C26H32N6O13. The second-order valence-corrected chi connectivity index (χ2v) is 8.61. The summed E-state index contributed by atoms with van der Waals surface area (Å²) in [5.74, 6) is -0.621. The van der Waals surface area contributed by atoms with E-state index in [1.54, 1.807) is 0 Å². The Morgan fingerprint density at radius 2 is 1.60 bits per heavy atom. The van der Waals surface area contributed by atoms with Gasteiger partial charge >= 0.3 is 6.16 Å². The molecule has 0 aromatic heterocycles. The van der Waals surface area contributed by atoms with E-state index in [0.29, 0.717) is 26.4 Å². The number of nitro groups is 2. The maximum Gasteiger partial charge on any atom is 0.514 e. The highest BCUT2D eigenvalue weighted by Gasteiger charge is 2.27. The van der Waals surface area contributed by atoms with Gasteiger partial charge in [0, 0.05) is 30.1 Å². The van der Waals surface area contributed by atoms with Crippen molar-refractivity contribution < 1.29 is 52.6 Å². The lowest BCUT2D eigenvalue weighted by molar-refractivity contribution is -0.386. The summed E-state index contributed by atoms with van der Waals surface area (Å²) in [5, 5.41) is 28.5. The number of amides is 1. The molecule has 1 atom stereocenters. The van der Waals surface area contributed by atoms with Crippen LogP contribution in [-0.4, -0.2) is 88.4 Å². The van der Waals surface area contributed by atoms with Crippen molar-refractivity contribution in [1.82, 2.24) is 5.32 Å². The zero-order chi connectivity index (χ0) is 33.0. The molecule has 2 aromatic carbocycles. The third-order valence-corrected chi connectivity index (χ3v) is 5.54. The molecule has 244 valence electrons. The molecule has 0 spiro atoms. The smallest absolute Gasteiger partial charge is 0.493 e. The number of hydrogen-bond donors (Lipinski definition) is 1. The van der Waals surface area contributed by atoms with Crippen LogP contribution in [0.2, 0.25) is 0 Å². The van der Waals surface area contributed by atoms with Crippen molar-refractivity contribution in [3.8, 4) is 17.2 Å². The first-order valence-corrected chi connectivity index (χ1v) is 13.3. The highest BCUT2D eigenvalue weighted by Crippen LogP contribution is 2.38. The van der Waals surface area contributed by atoms with Crippen LogP contribution in [0, 0.1) is 20.2 Å². The minimum absolute atomic E-state index is 0.0343. The van der Waals surface area contributed by atoms with Gasteiger partial charge in [-0.1, -0.05) is 5.11 Å². The normalized spacial score (nSPS) is 11.1. The Kier molecular flexibility index (Phi) is 15.9. The van der Waals surface area contributed by atoms with Gasteiger partial charge in [0.25, 0.3) is 17.3 Å². The summed E-state index contributed by atoms with van der Waals surface area (Å²) in [6.45, 7) is 3.11. The van der Waals surface area contributed by atoms with Crippen molar-refractivity contribution in [3.05, 3.63) is 72.6 Å². The number of ether oxygens (including phenoxy) is 7. The summed E-state index contributed by atoms with van der Waals surface area (Å²) in [7, 11) is 1.28. The number of non-ortho nitro benzene ring substituents is 1. The Labute approximate surface area is 256 Å². The molecule has 45 heavy (non-hydrogen) atoms. The highest BCUT2D eigenvalue weighted by molar-refractivity contribution is 5.77. The quantitative estimate of drug-likeness (QED) is 0.0301. The van der Waals surface area contributed by atoms with E-state index in [-0.39, 0.29) is 54.8 Å². The topological polar surface area (TPSA) is 246 Å². The monoisotopic (exact) mass is 636 g/mol. The minimum Gasteiger partial charge on any atom is -0.493 e. The summed E-state index contributed by atoms with van der Waals surface area (Å²) in [4.78, 5) is 48.3. The number of carbonyl (C=O) groups is 2. The third-order valence-electron chi connectivity index (χ3n) is 5.54. The first-order valence-electron chi connectivity index (χ1n) is 13.3. The van der Waals surface area contributed by atoms with Crippen molar-refractivity contribution in [1.29, 1.82) is 0 Å². The van der Waals surface area contributed by atoms with E-state index < -0.39 is 40.3 Å².